The number of nitrogens with zero attached hydrogens (tertiary/aromatic N) is 1. The number of carbonyl (C=O) groups excluding carboxylic acids is 1. The molecule has 12 heavy (non-hydrogen) atoms. The zero-order chi connectivity index (χ0) is 8.97. The van der Waals surface area contributed by atoms with Gasteiger partial charge in [0.05, 0.1) is 6.61 Å². The van der Waals surface area contributed by atoms with Gasteiger partial charge in [0, 0.05) is 19.1 Å². The third-order valence-corrected chi connectivity index (χ3v) is 1.91. The Kier molecular flexibility index (Phi) is 3.34. The molecule has 2 N–H and O–H groups in total. The third kappa shape index (κ3) is 2.37. The van der Waals surface area contributed by atoms with Crippen LogP contribution in [-0.4, -0.2) is 36.7 Å². The van der Waals surface area contributed by atoms with Crippen LogP contribution in [0.2, 0.25) is 0 Å². The van der Waals surface area contributed by atoms with E-state index in [-0.39, 0.29) is 12.1 Å². The zero-order valence-electron chi connectivity index (χ0n) is 7.45. The Morgan fingerprint density at radius 1 is 1.75 bits per heavy atom. The van der Waals surface area contributed by atoms with Crippen molar-refractivity contribution in [3.8, 4) is 0 Å². The quantitative estimate of drug-likeness (QED) is 0.662. The molecule has 0 bridgehead atoms. The van der Waals surface area contributed by atoms with Crippen molar-refractivity contribution in [2.45, 2.75) is 25.8 Å². The molecule has 1 amide bonds. The fraction of sp³-hybridized carbons (Fsp3) is 0.875. The van der Waals surface area contributed by atoms with E-state index in [0.29, 0.717) is 13.2 Å². The van der Waals surface area contributed by atoms with Crippen molar-refractivity contribution < 1.29 is 9.53 Å². The number of likely N-dealkylation sites (tertiary alicyclic amines) is 1. The largest absolute Gasteiger partial charge is 0.449 e. The smallest absolute Gasteiger partial charge is 0.409 e. The molecule has 70 valence electrons. The highest BCUT2D eigenvalue weighted by Crippen LogP contribution is 2.08. The topological polar surface area (TPSA) is 55.6 Å². The molecule has 4 heteroatoms. The van der Waals surface area contributed by atoms with Gasteiger partial charge in [0.25, 0.3) is 0 Å². The number of hydrogen-bond donors (Lipinski definition) is 1. The first kappa shape index (κ1) is 9.32. The molecule has 1 aliphatic rings. The fourth-order valence-electron chi connectivity index (χ4n) is 1.23. The molecule has 0 spiro atoms. The van der Waals surface area contributed by atoms with E-state index in [1.165, 1.54) is 0 Å². The summed E-state index contributed by atoms with van der Waals surface area (Å²) in [5.41, 5.74) is 5.64. The lowest BCUT2D eigenvalue weighted by Crippen LogP contribution is -2.32. The van der Waals surface area contributed by atoms with Gasteiger partial charge < -0.3 is 15.4 Å². The van der Waals surface area contributed by atoms with Crippen molar-refractivity contribution >= 4 is 6.09 Å². The first-order chi connectivity index (χ1) is 5.74. The monoisotopic (exact) mass is 172 g/mol. The van der Waals surface area contributed by atoms with Crippen molar-refractivity contribution in [3.63, 3.8) is 0 Å². The zero-order valence-corrected chi connectivity index (χ0v) is 7.45. The van der Waals surface area contributed by atoms with Crippen LogP contribution in [0.15, 0.2) is 0 Å². The second-order valence-electron chi connectivity index (χ2n) is 3.11. The maximum Gasteiger partial charge on any atom is 0.409 e. The van der Waals surface area contributed by atoms with Crippen LogP contribution < -0.4 is 5.73 Å². The summed E-state index contributed by atoms with van der Waals surface area (Å²) in [4.78, 5) is 12.9. The van der Waals surface area contributed by atoms with E-state index in [4.69, 9.17) is 10.5 Å². The Hall–Kier alpha value is -0.770. The number of carbonyl (C=O) groups is 1. The third-order valence-electron chi connectivity index (χ3n) is 1.91. The second-order valence-corrected chi connectivity index (χ2v) is 3.11. The highest BCUT2D eigenvalue weighted by Gasteiger charge is 2.24. The lowest BCUT2D eigenvalue weighted by atomic mass is 10.3. The molecule has 1 fully saturated rings. The van der Waals surface area contributed by atoms with Gasteiger partial charge in [-0.1, -0.05) is 6.92 Å². The van der Waals surface area contributed by atoms with Crippen LogP contribution in [0.3, 0.4) is 0 Å². The molecule has 1 heterocycles. The minimum absolute atomic E-state index is 0.138. The second kappa shape index (κ2) is 4.30. The summed E-state index contributed by atoms with van der Waals surface area (Å²) in [5, 5.41) is 0. The average molecular weight is 172 g/mol. The van der Waals surface area contributed by atoms with Crippen molar-refractivity contribution in [2.75, 3.05) is 19.7 Å². The predicted octanol–water partition coefficient (Wildman–Crippen LogP) is 0.566. The van der Waals surface area contributed by atoms with E-state index >= 15 is 0 Å². The summed E-state index contributed by atoms with van der Waals surface area (Å²) in [6, 6.07) is 0.138. The Bertz CT molecular complexity index is 161. The normalized spacial score (nSPS) is 22.8. The molecule has 0 saturated carbocycles. The number of ether oxygens (including phenoxy) is 1. The molecular weight excluding hydrogens is 156 g/mol. The molecule has 0 radical (unpaired) electrons. The number of amides is 1. The highest BCUT2D eigenvalue weighted by molar-refractivity contribution is 5.68. The lowest BCUT2D eigenvalue weighted by molar-refractivity contribution is 0.110. The van der Waals surface area contributed by atoms with E-state index in [1.54, 1.807) is 4.90 Å². The minimum atomic E-state index is -0.218. The van der Waals surface area contributed by atoms with E-state index in [2.05, 4.69) is 0 Å². The van der Waals surface area contributed by atoms with Crippen LogP contribution in [0, 0.1) is 0 Å². The average Bonchev–Trinajstić information content (AvgIpc) is 2.47. The Balaban J connectivity index is 2.23. The number of rotatable bonds is 2. The van der Waals surface area contributed by atoms with Crippen molar-refractivity contribution in [1.82, 2.24) is 4.90 Å². The molecule has 1 unspecified atom stereocenters. The van der Waals surface area contributed by atoms with Crippen LogP contribution >= 0.6 is 0 Å². The first-order valence-corrected chi connectivity index (χ1v) is 4.41. The molecular formula is C8H16N2O2. The summed E-state index contributed by atoms with van der Waals surface area (Å²) in [7, 11) is 0. The molecule has 4 nitrogen and oxygen atoms in total. The Morgan fingerprint density at radius 3 is 3.00 bits per heavy atom. The van der Waals surface area contributed by atoms with Crippen molar-refractivity contribution in [1.29, 1.82) is 0 Å². The predicted molar refractivity (Wildman–Crippen MR) is 45.8 cm³/mol. The van der Waals surface area contributed by atoms with E-state index in [1.807, 2.05) is 6.92 Å². The van der Waals surface area contributed by atoms with Crippen LogP contribution in [0.25, 0.3) is 0 Å². The van der Waals surface area contributed by atoms with Gasteiger partial charge in [-0.25, -0.2) is 4.79 Å². The van der Waals surface area contributed by atoms with Crippen LogP contribution in [0.5, 0.6) is 0 Å². The van der Waals surface area contributed by atoms with Gasteiger partial charge in [0.1, 0.15) is 0 Å². The van der Waals surface area contributed by atoms with Gasteiger partial charge in [-0.05, 0) is 12.8 Å². The fourth-order valence-corrected chi connectivity index (χ4v) is 1.23. The minimum Gasteiger partial charge on any atom is -0.449 e. The SMILES string of the molecule is CCCOC(=O)N1CCC(N)C1. The van der Waals surface area contributed by atoms with Gasteiger partial charge in [0.15, 0.2) is 0 Å². The summed E-state index contributed by atoms with van der Waals surface area (Å²) < 4.78 is 4.95. The molecule has 0 aromatic carbocycles. The Morgan fingerprint density at radius 2 is 2.50 bits per heavy atom. The van der Waals surface area contributed by atoms with Crippen LogP contribution in [0.1, 0.15) is 19.8 Å². The molecule has 0 aliphatic carbocycles. The van der Waals surface area contributed by atoms with E-state index < -0.39 is 0 Å². The molecule has 0 aromatic rings. The summed E-state index contributed by atoms with van der Waals surface area (Å²) in [6.45, 7) is 3.86. The number of hydrogen-bond acceptors (Lipinski definition) is 3. The number of nitrogens with two attached hydrogens (primary N) is 1. The highest BCUT2D eigenvalue weighted by atomic mass is 16.6. The lowest BCUT2D eigenvalue weighted by Gasteiger charge is -2.14. The van der Waals surface area contributed by atoms with Gasteiger partial charge in [-0.15, -0.1) is 0 Å². The molecule has 1 rings (SSSR count). The van der Waals surface area contributed by atoms with Crippen LogP contribution in [-0.2, 0) is 4.74 Å². The van der Waals surface area contributed by atoms with Crippen molar-refractivity contribution in [2.24, 2.45) is 5.73 Å². The van der Waals surface area contributed by atoms with Crippen LogP contribution in [0.4, 0.5) is 4.79 Å². The Labute approximate surface area is 72.7 Å². The molecule has 1 saturated heterocycles. The van der Waals surface area contributed by atoms with Gasteiger partial charge in [-0.3, -0.25) is 0 Å². The molecule has 1 aliphatic heterocycles. The summed E-state index contributed by atoms with van der Waals surface area (Å²) in [6.07, 6.45) is 1.54. The van der Waals surface area contributed by atoms with Gasteiger partial charge in [-0.2, -0.15) is 0 Å². The molecule has 0 aromatic heterocycles. The molecule has 1 atom stereocenters. The maximum atomic E-state index is 11.2. The van der Waals surface area contributed by atoms with Gasteiger partial charge in [0.2, 0.25) is 0 Å². The standard InChI is InChI=1S/C8H16N2O2/c1-2-5-12-8(11)10-4-3-7(9)6-10/h7H,2-6,9H2,1H3. The van der Waals surface area contributed by atoms with E-state index in [0.717, 1.165) is 19.4 Å². The van der Waals surface area contributed by atoms with Crippen molar-refractivity contribution in [3.05, 3.63) is 0 Å². The summed E-state index contributed by atoms with van der Waals surface area (Å²) in [5.74, 6) is 0. The van der Waals surface area contributed by atoms with Gasteiger partial charge >= 0.3 is 6.09 Å². The van der Waals surface area contributed by atoms with E-state index in [9.17, 15) is 4.79 Å². The maximum absolute atomic E-state index is 11.2. The summed E-state index contributed by atoms with van der Waals surface area (Å²) >= 11 is 0. The first-order valence-electron chi connectivity index (χ1n) is 4.41.